The van der Waals surface area contributed by atoms with Crippen molar-refractivity contribution in [2.45, 2.75) is 26.3 Å². The normalized spacial score (nSPS) is 21.7. The van der Waals surface area contributed by atoms with Crippen molar-refractivity contribution in [2.24, 2.45) is 0 Å². The van der Waals surface area contributed by atoms with Gasteiger partial charge >= 0.3 is 0 Å². The molecular weight excluding hydrogens is 416 g/mol. The summed E-state index contributed by atoms with van der Waals surface area (Å²) < 4.78 is 5.38. The van der Waals surface area contributed by atoms with Gasteiger partial charge in [-0.25, -0.2) is 9.97 Å². The maximum absolute atomic E-state index is 13.0. The number of aryl methyl sites for hydroxylation is 2. The Balaban J connectivity index is 1.64. The van der Waals surface area contributed by atoms with E-state index in [0.29, 0.717) is 23.6 Å². The number of aliphatic hydroxyl groups excluding tert-OH is 1. The van der Waals surface area contributed by atoms with Crippen LogP contribution in [0.1, 0.15) is 34.4 Å². The molecule has 31 heavy (non-hydrogen) atoms. The van der Waals surface area contributed by atoms with Gasteiger partial charge in [-0.3, -0.25) is 14.5 Å². The Hall–Kier alpha value is -2.62. The van der Waals surface area contributed by atoms with Gasteiger partial charge in [-0.05, 0) is 31.7 Å². The lowest BCUT2D eigenvalue weighted by atomic mass is 10.00. The number of morpholine rings is 1. The van der Waals surface area contributed by atoms with Gasteiger partial charge < -0.3 is 14.7 Å². The van der Waals surface area contributed by atoms with Gasteiger partial charge in [0.2, 0.25) is 0 Å². The third-order valence-electron chi connectivity index (χ3n) is 5.68. The number of aliphatic hydroxyl groups is 1. The van der Waals surface area contributed by atoms with Gasteiger partial charge in [-0.2, -0.15) is 0 Å². The summed E-state index contributed by atoms with van der Waals surface area (Å²) in [7, 11) is 0. The van der Waals surface area contributed by atoms with Crippen LogP contribution in [0.25, 0.3) is 5.76 Å². The summed E-state index contributed by atoms with van der Waals surface area (Å²) in [5.41, 5.74) is 1.04. The van der Waals surface area contributed by atoms with Gasteiger partial charge in [0.05, 0.1) is 36.1 Å². The van der Waals surface area contributed by atoms with Crippen molar-refractivity contribution in [3.8, 4) is 0 Å². The van der Waals surface area contributed by atoms with Gasteiger partial charge in [-0.15, -0.1) is 11.3 Å². The van der Waals surface area contributed by atoms with Crippen LogP contribution in [0.2, 0.25) is 0 Å². The van der Waals surface area contributed by atoms with Crippen molar-refractivity contribution >= 4 is 28.8 Å². The first kappa shape index (κ1) is 21.6. The van der Waals surface area contributed by atoms with Crippen molar-refractivity contribution in [3.05, 3.63) is 51.2 Å². The molecule has 2 aromatic rings. The van der Waals surface area contributed by atoms with E-state index in [4.69, 9.17) is 4.74 Å². The minimum absolute atomic E-state index is 0.106. The number of nitrogens with zero attached hydrogens (tertiary/aromatic N) is 4. The van der Waals surface area contributed by atoms with Crippen LogP contribution in [0, 0.1) is 13.8 Å². The van der Waals surface area contributed by atoms with E-state index in [2.05, 4.69) is 14.9 Å². The molecule has 2 fully saturated rings. The lowest BCUT2D eigenvalue weighted by Crippen LogP contribution is -2.38. The molecule has 0 bridgehead atoms. The number of carbonyl (C=O) groups excluding carboxylic acids is 2. The molecular formula is C22H26N4O4S. The third-order valence-corrected chi connectivity index (χ3v) is 6.61. The Kier molecular flexibility index (Phi) is 6.45. The van der Waals surface area contributed by atoms with Crippen LogP contribution in [0.15, 0.2) is 29.3 Å². The Morgan fingerprint density at radius 3 is 2.71 bits per heavy atom. The zero-order valence-electron chi connectivity index (χ0n) is 17.7. The van der Waals surface area contributed by atoms with E-state index < -0.39 is 17.7 Å². The first-order valence-corrected chi connectivity index (χ1v) is 11.3. The van der Waals surface area contributed by atoms with Crippen LogP contribution in [-0.2, 0) is 14.3 Å². The summed E-state index contributed by atoms with van der Waals surface area (Å²) >= 11 is 1.46. The lowest BCUT2D eigenvalue weighted by molar-refractivity contribution is -0.140. The van der Waals surface area contributed by atoms with Gasteiger partial charge in [0.25, 0.3) is 11.7 Å². The van der Waals surface area contributed by atoms with E-state index in [0.717, 1.165) is 44.1 Å². The minimum atomic E-state index is -0.665. The van der Waals surface area contributed by atoms with E-state index >= 15 is 0 Å². The summed E-state index contributed by atoms with van der Waals surface area (Å²) in [6, 6.07) is 3.17. The molecule has 0 aromatic carbocycles. The number of rotatable bonds is 6. The predicted molar refractivity (Wildman–Crippen MR) is 117 cm³/mol. The highest BCUT2D eigenvalue weighted by atomic mass is 32.1. The smallest absolute Gasteiger partial charge is 0.295 e. The van der Waals surface area contributed by atoms with Crippen molar-refractivity contribution in [2.75, 3.05) is 39.4 Å². The van der Waals surface area contributed by atoms with Crippen molar-refractivity contribution < 1.29 is 19.4 Å². The molecule has 4 rings (SSSR count). The van der Waals surface area contributed by atoms with Crippen molar-refractivity contribution in [1.82, 2.24) is 19.8 Å². The maximum Gasteiger partial charge on any atom is 0.295 e. The van der Waals surface area contributed by atoms with E-state index in [1.165, 1.54) is 17.5 Å². The Morgan fingerprint density at radius 1 is 1.26 bits per heavy atom. The molecule has 0 spiro atoms. The first-order valence-electron chi connectivity index (χ1n) is 10.4. The van der Waals surface area contributed by atoms with Crippen molar-refractivity contribution in [1.29, 1.82) is 0 Å². The number of ketones is 1. The first-order chi connectivity index (χ1) is 15.0. The zero-order valence-corrected chi connectivity index (χ0v) is 18.5. The second-order valence-electron chi connectivity index (χ2n) is 7.73. The molecule has 164 valence electrons. The average Bonchev–Trinajstić information content (AvgIpc) is 3.37. The van der Waals surface area contributed by atoms with Gasteiger partial charge in [0, 0.05) is 37.3 Å². The highest BCUT2D eigenvalue weighted by Crippen LogP contribution is 2.41. The lowest BCUT2D eigenvalue weighted by Gasteiger charge is -2.28. The number of hydrogen-bond acceptors (Lipinski definition) is 8. The molecule has 9 heteroatoms. The molecule has 2 aliphatic rings. The molecule has 0 radical (unpaired) electrons. The van der Waals surface area contributed by atoms with Crippen LogP contribution in [-0.4, -0.2) is 76.0 Å². The van der Waals surface area contributed by atoms with Crippen molar-refractivity contribution in [3.63, 3.8) is 0 Å². The number of aromatic nitrogens is 2. The largest absolute Gasteiger partial charge is 0.507 e. The molecule has 1 atom stereocenters. The summed E-state index contributed by atoms with van der Waals surface area (Å²) in [4.78, 5) is 39.1. The fourth-order valence-electron chi connectivity index (χ4n) is 4.10. The molecule has 0 unspecified atom stereocenters. The van der Waals surface area contributed by atoms with Crippen LogP contribution in [0.3, 0.4) is 0 Å². The Morgan fingerprint density at radius 2 is 2.03 bits per heavy atom. The number of amides is 1. The minimum Gasteiger partial charge on any atom is -0.507 e. The number of carbonyl (C=O) groups is 2. The predicted octanol–water partition coefficient (Wildman–Crippen LogP) is 2.30. The molecule has 1 N–H and O–H groups in total. The van der Waals surface area contributed by atoms with Crippen LogP contribution in [0.4, 0.5) is 0 Å². The number of hydrogen-bond donors (Lipinski definition) is 1. The van der Waals surface area contributed by atoms with Gasteiger partial charge in [-0.1, -0.05) is 6.07 Å². The zero-order chi connectivity index (χ0) is 22.0. The van der Waals surface area contributed by atoms with E-state index in [1.54, 1.807) is 18.7 Å². The van der Waals surface area contributed by atoms with Crippen LogP contribution < -0.4 is 0 Å². The summed E-state index contributed by atoms with van der Waals surface area (Å²) in [6.07, 6.45) is 2.24. The summed E-state index contributed by atoms with van der Waals surface area (Å²) in [5.74, 6) is -0.882. The van der Waals surface area contributed by atoms with E-state index in [-0.39, 0.29) is 11.3 Å². The maximum atomic E-state index is 13.0. The number of Topliss-reactive ketones (excluding diaryl/α,β-unsaturated/α-hetero) is 1. The number of likely N-dealkylation sites (tertiary alicyclic amines) is 1. The molecule has 4 heterocycles. The second-order valence-corrected chi connectivity index (χ2v) is 8.71. The van der Waals surface area contributed by atoms with Crippen LogP contribution >= 0.6 is 11.3 Å². The van der Waals surface area contributed by atoms with Crippen LogP contribution in [0.5, 0.6) is 0 Å². The molecule has 0 aliphatic carbocycles. The summed E-state index contributed by atoms with van der Waals surface area (Å²) in [6.45, 7) is 7.96. The number of thiophene rings is 1. The third kappa shape index (κ3) is 4.39. The molecule has 8 nitrogen and oxygen atoms in total. The average molecular weight is 443 g/mol. The number of ether oxygens (including phenoxy) is 1. The quantitative estimate of drug-likeness (QED) is 0.417. The van der Waals surface area contributed by atoms with E-state index in [9.17, 15) is 14.7 Å². The highest BCUT2D eigenvalue weighted by molar-refractivity contribution is 7.10. The highest BCUT2D eigenvalue weighted by Gasteiger charge is 2.46. The van der Waals surface area contributed by atoms with E-state index in [1.807, 2.05) is 17.5 Å². The molecule has 2 aromatic heterocycles. The second kappa shape index (κ2) is 9.25. The standard InChI is InChI=1S/C22H26N4O4S/c1-14-16(13-23-15(2)24-14)20(27)18-19(17-5-3-12-31-17)26(22(29)21(18)28)7-4-6-25-8-10-30-11-9-25/h3,5,12-13,19,27H,4,6-11H2,1-2H3/t19-/m0/s1. The fraction of sp³-hybridized carbons (Fsp3) is 0.455. The van der Waals surface area contributed by atoms with Gasteiger partial charge in [0.1, 0.15) is 11.6 Å². The van der Waals surface area contributed by atoms with Gasteiger partial charge in [0.15, 0.2) is 0 Å². The molecule has 2 saturated heterocycles. The summed E-state index contributed by atoms with van der Waals surface area (Å²) in [5, 5.41) is 13.0. The molecule has 1 amide bonds. The monoisotopic (exact) mass is 442 g/mol. The fourth-order valence-corrected chi connectivity index (χ4v) is 4.95. The topological polar surface area (TPSA) is 95.9 Å². The Labute approximate surface area is 185 Å². The molecule has 2 aliphatic heterocycles. The molecule has 0 saturated carbocycles. The Bertz CT molecular complexity index is 999. The SMILES string of the molecule is Cc1ncc(C(O)=C2C(=O)C(=O)N(CCCN3CCOCC3)[C@H]2c2cccs2)c(C)n1.